The number of hydrogen-bond acceptors (Lipinski definition) is 4. The summed E-state index contributed by atoms with van der Waals surface area (Å²) >= 11 is 0. The molecule has 0 aromatic rings. The van der Waals surface area contributed by atoms with Crippen LogP contribution in [0.25, 0.3) is 0 Å². The standard InChI is InChI=1S/C16H26N2O2/c1-15(2,3)13(19)9-11-12(18-8-7-17-11)10-14(20)16(4,5)6/h9-10,17-18H,7-8H2,1-6H3/b11-9+,12-10+. The van der Waals surface area contributed by atoms with Gasteiger partial charge in [0.05, 0.1) is 11.4 Å². The summed E-state index contributed by atoms with van der Waals surface area (Å²) in [5, 5.41) is 6.37. The summed E-state index contributed by atoms with van der Waals surface area (Å²) < 4.78 is 0. The molecule has 0 unspecified atom stereocenters. The number of allylic oxidation sites excluding steroid dienone is 2. The second kappa shape index (κ2) is 5.81. The molecule has 1 heterocycles. The van der Waals surface area contributed by atoms with E-state index in [2.05, 4.69) is 10.6 Å². The number of ketones is 2. The molecule has 1 aliphatic heterocycles. The first-order valence-corrected chi connectivity index (χ1v) is 7.02. The fraction of sp³-hybridized carbons (Fsp3) is 0.625. The van der Waals surface area contributed by atoms with Crippen molar-refractivity contribution in [2.75, 3.05) is 13.1 Å². The third kappa shape index (κ3) is 4.51. The molecule has 2 N–H and O–H groups in total. The Morgan fingerprint density at radius 2 is 1.10 bits per heavy atom. The van der Waals surface area contributed by atoms with Gasteiger partial charge in [-0.3, -0.25) is 9.59 Å². The van der Waals surface area contributed by atoms with E-state index in [-0.39, 0.29) is 11.6 Å². The maximum atomic E-state index is 12.1. The van der Waals surface area contributed by atoms with Gasteiger partial charge in [0.1, 0.15) is 0 Å². The summed E-state index contributed by atoms with van der Waals surface area (Å²) in [7, 11) is 0. The molecule has 0 bridgehead atoms. The SMILES string of the molecule is CC(C)(C)C(=O)/C=C1/NCCN/C1=C/C(=O)C(C)(C)C. The molecule has 1 fully saturated rings. The first-order chi connectivity index (χ1) is 9.01. The van der Waals surface area contributed by atoms with Crippen LogP contribution in [0.4, 0.5) is 0 Å². The van der Waals surface area contributed by atoms with E-state index in [0.29, 0.717) is 11.4 Å². The summed E-state index contributed by atoms with van der Waals surface area (Å²) in [5.74, 6) is 0.0793. The molecule has 4 nitrogen and oxygen atoms in total. The molecular weight excluding hydrogens is 252 g/mol. The zero-order valence-electron chi connectivity index (χ0n) is 13.4. The van der Waals surface area contributed by atoms with E-state index in [0.717, 1.165) is 13.1 Å². The molecule has 112 valence electrons. The van der Waals surface area contributed by atoms with Gasteiger partial charge in [-0.15, -0.1) is 0 Å². The van der Waals surface area contributed by atoms with E-state index in [1.165, 1.54) is 0 Å². The van der Waals surface area contributed by atoms with E-state index in [4.69, 9.17) is 0 Å². The third-order valence-corrected chi connectivity index (χ3v) is 3.08. The highest BCUT2D eigenvalue weighted by Gasteiger charge is 2.24. The van der Waals surface area contributed by atoms with Gasteiger partial charge in [0.25, 0.3) is 0 Å². The largest absolute Gasteiger partial charge is 0.382 e. The van der Waals surface area contributed by atoms with Gasteiger partial charge in [0.15, 0.2) is 11.6 Å². The number of carbonyl (C=O) groups is 2. The number of piperazine rings is 1. The zero-order valence-corrected chi connectivity index (χ0v) is 13.4. The number of nitrogens with one attached hydrogen (secondary N) is 2. The Hall–Kier alpha value is -1.58. The first-order valence-electron chi connectivity index (χ1n) is 7.02. The van der Waals surface area contributed by atoms with Crippen molar-refractivity contribution in [2.24, 2.45) is 10.8 Å². The molecule has 4 heteroatoms. The number of rotatable bonds is 2. The highest BCUT2D eigenvalue weighted by atomic mass is 16.1. The normalized spacial score (nSPS) is 20.5. The fourth-order valence-electron chi connectivity index (χ4n) is 1.54. The average molecular weight is 278 g/mol. The van der Waals surface area contributed by atoms with E-state index >= 15 is 0 Å². The lowest BCUT2D eigenvalue weighted by molar-refractivity contribution is -0.122. The number of hydrogen-bond donors (Lipinski definition) is 2. The van der Waals surface area contributed by atoms with Gasteiger partial charge in [-0.25, -0.2) is 0 Å². The second-order valence-electron chi connectivity index (χ2n) is 7.20. The lowest BCUT2D eigenvalue weighted by Crippen LogP contribution is -2.38. The highest BCUT2D eigenvalue weighted by molar-refractivity contribution is 5.97. The molecule has 1 rings (SSSR count). The van der Waals surface area contributed by atoms with Crippen molar-refractivity contribution in [3.8, 4) is 0 Å². The maximum Gasteiger partial charge on any atom is 0.163 e. The quantitative estimate of drug-likeness (QED) is 0.760. The average Bonchev–Trinajstić information content (AvgIpc) is 2.29. The van der Waals surface area contributed by atoms with Crippen LogP contribution in [0.2, 0.25) is 0 Å². The molecule has 1 aliphatic rings. The Morgan fingerprint density at radius 3 is 1.35 bits per heavy atom. The van der Waals surface area contributed by atoms with Gasteiger partial charge >= 0.3 is 0 Å². The minimum Gasteiger partial charge on any atom is -0.382 e. The molecule has 0 aliphatic carbocycles. The van der Waals surface area contributed by atoms with E-state index in [1.807, 2.05) is 41.5 Å². The summed E-state index contributed by atoms with van der Waals surface area (Å²) in [5.41, 5.74) is 0.554. The van der Waals surface area contributed by atoms with Crippen molar-refractivity contribution in [3.63, 3.8) is 0 Å². The molecule has 0 amide bonds. The predicted molar refractivity (Wildman–Crippen MR) is 81.1 cm³/mol. The fourth-order valence-corrected chi connectivity index (χ4v) is 1.54. The summed E-state index contributed by atoms with van der Waals surface area (Å²) in [6.07, 6.45) is 3.18. The maximum absolute atomic E-state index is 12.1. The summed E-state index contributed by atoms with van der Waals surface area (Å²) in [6.45, 7) is 12.8. The molecule has 0 atom stereocenters. The Bertz CT molecular complexity index is 416. The van der Waals surface area contributed by atoms with Crippen LogP contribution in [0.1, 0.15) is 41.5 Å². The molecule has 0 spiro atoms. The van der Waals surface area contributed by atoms with Crippen molar-refractivity contribution < 1.29 is 9.59 Å². The molecule has 0 saturated carbocycles. The Balaban J connectivity index is 3.05. The Morgan fingerprint density at radius 1 is 0.800 bits per heavy atom. The van der Waals surface area contributed by atoms with Crippen LogP contribution >= 0.6 is 0 Å². The van der Waals surface area contributed by atoms with E-state index in [9.17, 15) is 9.59 Å². The van der Waals surface area contributed by atoms with Crippen molar-refractivity contribution in [3.05, 3.63) is 23.5 Å². The van der Waals surface area contributed by atoms with Gasteiger partial charge in [-0.2, -0.15) is 0 Å². The van der Waals surface area contributed by atoms with E-state index in [1.54, 1.807) is 12.2 Å². The third-order valence-electron chi connectivity index (χ3n) is 3.08. The minimum absolute atomic E-state index is 0.0396. The molecular formula is C16H26N2O2. The van der Waals surface area contributed by atoms with Crippen molar-refractivity contribution in [2.45, 2.75) is 41.5 Å². The van der Waals surface area contributed by atoms with Gasteiger partial charge in [-0.05, 0) is 0 Å². The van der Waals surface area contributed by atoms with Crippen LogP contribution in [0.5, 0.6) is 0 Å². The Kier molecular flexibility index (Phi) is 4.79. The van der Waals surface area contributed by atoms with E-state index < -0.39 is 10.8 Å². The minimum atomic E-state index is -0.425. The summed E-state index contributed by atoms with van der Waals surface area (Å²) in [6, 6.07) is 0. The van der Waals surface area contributed by atoms with Gasteiger partial charge in [0, 0.05) is 36.1 Å². The first kappa shape index (κ1) is 16.5. The van der Waals surface area contributed by atoms with Crippen LogP contribution in [-0.2, 0) is 9.59 Å². The smallest absolute Gasteiger partial charge is 0.163 e. The topological polar surface area (TPSA) is 58.2 Å². The Labute approximate surface area is 121 Å². The molecule has 0 radical (unpaired) electrons. The molecule has 0 aromatic heterocycles. The van der Waals surface area contributed by atoms with Crippen LogP contribution in [0.3, 0.4) is 0 Å². The van der Waals surface area contributed by atoms with Gasteiger partial charge < -0.3 is 10.6 Å². The van der Waals surface area contributed by atoms with Crippen molar-refractivity contribution >= 4 is 11.6 Å². The van der Waals surface area contributed by atoms with Crippen LogP contribution in [-0.4, -0.2) is 24.7 Å². The lowest BCUT2D eigenvalue weighted by Gasteiger charge is -2.25. The number of carbonyl (C=O) groups excluding carboxylic acids is 2. The van der Waals surface area contributed by atoms with Gasteiger partial charge in [0.2, 0.25) is 0 Å². The molecule has 1 saturated heterocycles. The van der Waals surface area contributed by atoms with Crippen LogP contribution < -0.4 is 10.6 Å². The predicted octanol–water partition coefficient (Wildman–Crippen LogP) is 2.18. The zero-order chi connectivity index (χ0) is 15.6. The van der Waals surface area contributed by atoms with Crippen molar-refractivity contribution in [1.82, 2.24) is 10.6 Å². The van der Waals surface area contributed by atoms with Crippen LogP contribution in [0.15, 0.2) is 23.5 Å². The lowest BCUT2D eigenvalue weighted by atomic mass is 9.88. The monoisotopic (exact) mass is 278 g/mol. The molecule has 0 aromatic carbocycles. The highest BCUT2D eigenvalue weighted by Crippen LogP contribution is 2.20. The van der Waals surface area contributed by atoms with Crippen LogP contribution in [0, 0.1) is 10.8 Å². The van der Waals surface area contributed by atoms with Crippen molar-refractivity contribution in [1.29, 1.82) is 0 Å². The summed E-state index contributed by atoms with van der Waals surface area (Å²) in [4.78, 5) is 24.2. The van der Waals surface area contributed by atoms with Gasteiger partial charge in [-0.1, -0.05) is 41.5 Å². The molecule has 20 heavy (non-hydrogen) atoms. The second-order valence-corrected chi connectivity index (χ2v) is 7.20.